The van der Waals surface area contributed by atoms with Crippen LogP contribution in [0.4, 0.5) is 0 Å². The van der Waals surface area contributed by atoms with Crippen LogP contribution in [-0.4, -0.2) is 24.3 Å². The number of ether oxygens (including phenoxy) is 1. The summed E-state index contributed by atoms with van der Waals surface area (Å²) in [6.07, 6.45) is 1.43. The summed E-state index contributed by atoms with van der Waals surface area (Å²) in [6.45, 7) is 3.17. The minimum atomic E-state index is -0.794. The molecule has 0 amide bonds. The molecule has 0 spiro atoms. The minimum absolute atomic E-state index is 0.0763. The number of carboxylic acid groups (broad SMARTS) is 1. The van der Waals surface area contributed by atoms with E-state index in [1.807, 2.05) is 37.3 Å². The highest BCUT2D eigenvalue weighted by Gasteiger charge is 2.47. The maximum absolute atomic E-state index is 11.8. The fourth-order valence-corrected chi connectivity index (χ4v) is 2.84. The molecule has 1 N–H and O–H groups in total. The van der Waals surface area contributed by atoms with Gasteiger partial charge < -0.3 is 9.84 Å². The zero-order valence-electron chi connectivity index (χ0n) is 10.1. The summed E-state index contributed by atoms with van der Waals surface area (Å²) < 4.78 is 5.37. The summed E-state index contributed by atoms with van der Waals surface area (Å²) in [5, 5.41) is 9.68. The summed E-state index contributed by atoms with van der Waals surface area (Å²) in [7, 11) is 0. The predicted octanol–water partition coefficient (Wildman–Crippen LogP) is 2.46. The molecule has 1 aliphatic rings. The minimum Gasteiger partial charge on any atom is -0.481 e. The molecule has 0 aromatic heterocycles. The van der Waals surface area contributed by atoms with Crippen LogP contribution >= 0.6 is 0 Å². The predicted molar refractivity (Wildman–Crippen MR) is 65.0 cm³/mol. The molecule has 92 valence electrons. The molecule has 1 saturated heterocycles. The van der Waals surface area contributed by atoms with Gasteiger partial charge in [-0.1, -0.05) is 37.3 Å². The summed E-state index contributed by atoms with van der Waals surface area (Å²) in [5.41, 5.74) is 0.100. The second kappa shape index (κ2) is 4.88. The Bertz CT molecular complexity index is 382. The monoisotopic (exact) mass is 234 g/mol. The Hall–Kier alpha value is -1.35. The van der Waals surface area contributed by atoms with Gasteiger partial charge in [0.05, 0.1) is 12.0 Å². The Morgan fingerprint density at radius 1 is 1.47 bits per heavy atom. The van der Waals surface area contributed by atoms with Gasteiger partial charge in [-0.05, 0) is 18.4 Å². The summed E-state index contributed by atoms with van der Waals surface area (Å²) in [4.78, 5) is 11.8. The zero-order chi connectivity index (χ0) is 12.3. The molecule has 2 atom stereocenters. The van der Waals surface area contributed by atoms with Crippen molar-refractivity contribution in [3.8, 4) is 0 Å². The van der Waals surface area contributed by atoms with Gasteiger partial charge in [-0.3, -0.25) is 4.79 Å². The normalized spacial score (nSPS) is 23.2. The summed E-state index contributed by atoms with van der Waals surface area (Å²) in [6, 6.07) is 9.54. The van der Waals surface area contributed by atoms with E-state index in [0.29, 0.717) is 19.6 Å². The van der Waals surface area contributed by atoms with E-state index in [-0.39, 0.29) is 5.92 Å². The van der Waals surface area contributed by atoms with E-state index in [4.69, 9.17) is 4.74 Å². The lowest BCUT2D eigenvalue weighted by molar-refractivity contribution is -0.146. The molecule has 0 bridgehead atoms. The number of aliphatic carboxylic acids is 1. The maximum Gasteiger partial charge on any atom is 0.314 e. The first-order valence-electron chi connectivity index (χ1n) is 6.08. The van der Waals surface area contributed by atoms with E-state index in [9.17, 15) is 9.90 Å². The van der Waals surface area contributed by atoms with Gasteiger partial charge >= 0.3 is 5.97 Å². The lowest BCUT2D eigenvalue weighted by Crippen LogP contribution is -2.43. The molecule has 3 nitrogen and oxygen atoms in total. The van der Waals surface area contributed by atoms with Crippen LogP contribution in [0.5, 0.6) is 0 Å². The number of carbonyl (C=O) groups is 1. The second-order valence-corrected chi connectivity index (χ2v) is 4.56. The Labute approximate surface area is 101 Å². The first-order valence-corrected chi connectivity index (χ1v) is 6.08. The van der Waals surface area contributed by atoms with E-state index in [2.05, 4.69) is 0 Å². The molecular formula is C14H18O3. The smallest absolute Gasteiger partial charge is 0.314 e. The fraction of sp³-hybridized carbons (Fsp3) is 0.500. The quantitative estimate of drug-likeness (QED) is 0.870. The van der Waals surface area contributed by atoms with Crippen LogP contribution < -0.4 is 0 Å². The van der Waals surface area contributed by atoms with E-state index in [0.717, 1.165) is 12.0 Å². The highest BCUT2D eigenvalue weighted by atomic mass is 16.5. The van der Waals surface area contributed by atoms with E-state index in [1.165, 1.54) is 0 Å². The van der Waals surface area contributed by atoms with Crippen LogP contribution in [0.3, 0.4) is 0 Å². The molecule has 1 aliphatic heterocycles. The summed E-state index contributed by atoms with van der Waals surface area (Å²) in [5.74, 6) is -0.658. The number of hydrogen-bond donors (Lipinski definition) is 1. The Kier molecular flexibility index (Phi) is 3.48. The Balaban J connectivity index is 2.45. The van der Waals surface area contributed by atoms with Gasteiger partial charge in [0.1, 0.15) is 0 Å². The molecular weight excluding hydrogens is 216 g/mol. The van der Waals surface area contributed by atoms with E-state index < -0.39 is 11.4 Å². The maximum atomic E-state index is 11.8. The highest BCUT2D eigenvalue weighted by molar-refractivity contribution is 5.82. The average molecular weight is 234 g/mol. The molecule has 0 aliphatic carbocycles. The van der Waals surface area contributed by atoms with Crippen molar-refractivity contribution >= 4 is 5.97 Å². The van der Waals surface area contributed by atoms with Gasteiger partial charge in [-0.2, -0.15) is 0 Å². The van der Waals surface area contributed by atoms with Crippen molar-refractivity contribution in [1.82, 2.24) is 0 Å². The van der Waals surface area contributed by atoms with E-state index in [1.54, 1.807) is 0 Å². The molecule has 1 heterocycles. The average Bonchev–Trinajstić information content (AvgIpc) is 2.86. The second-order valence-electron chi connectivity index (χ2n) is 4.56. The van der Waals surface area contributed by atoms with Crippen molar-refractivity contribution in [1.29, 1.82) is 0 Å². The fourth-order valence-electron chi connectivity index (χ4n) is 2.84. The van der Waals surface area contributed by atoms with Gasteiger partial charge in [-0.15, -0.1) is 0 Å². The standard InChI is InChI=1S/C14H18O3/c1-2-14(13(15)16,12-8-9-17-10-12)11-6-4-3-5-7-11/h3-7,12H,2,8-10H2,1H3,(H,15,16). The molecule has 0 radical (unpaired) electrons. The van der Waals surface area contributed by atoms with Crippen LogP contribution in [0.2, 0.25) is 0 Å². The van der Waals surface area contributed by atoms with Crippen LogP contribution in [0.15, 0.2) is 30.3 Å². The van der Waals surface area contributed by atoms with Crippen molar-refractivity contribution < 1.29 is 14.6 Å². The van der Waals surface area contributed by atoms with Gasteiger partial charge in [0.25, 0.3) is 0 Å². The number of hydrogen-bond acceptors (Lipinski definition) is 2. The van der Waals surface area contributed by atoms with Crippen LogP contribution in [0.25, 0.3) is 0 Å². The third kappa shape index (κ3) is 1.95. The first-order chi connectivity index (χ1) is 8.21. The molecule has 3 heteroatoms. The van der Waals surface area contributed by atoms with Crippen LogP contribution in [-0.2, 0) is 14.9 Å². The van der Waals surface area contributed by atoms with Gasteiger partial charge in [-0.25, -0.2) is 0 Å². The molecule has 0 saturated carbocycles. The zero-order valence-corrected chi connectivity index (χ0v) is 10.1. The largest absolute Gasteiger partial charge is 0.481 e. The van der Waals surface area contributed by atoms with Gasteiger partial charge in [0, 0.05) is 12.5 Å². The molecule has 1 aromatic rings. The third-order valence-electron chi connectivity index (χ3n) is 3.85. The van der Waals surface area contributed by atoms with Crippen molar-refractivity contribution in [3.63, 3.8) is 0 Å². The summed E-state index contributed by atoms with van der Waals surface area (Å²) >= 11 is 0. The molecule has 1 fully saturated rings. The first kappa shape index (κ1) is 12.1. The molecule has 1 aromatic carbocycles. The molecule has 2 rings (SSSR count). The molecule has 2 unspecified atom stereocenters. The van der Waals surface area contributed by atoms with Crippen molar-refractivity contribution in [2.75, 3.05) is 13.2 Å². The lowest BCUT2D eigenvalue weighted by Gasteiger charge is -2.34. The Morgan fingerprint density at radius 3 is 2.65 bits per heavy atom. The van der Waals surface area contributed by atoms with E-state index >= 15 is 0 Å². The highest BCUT2D eigenvalue weighted by Crippen LogP contribution is 2.40. The van der Waals surface area contributed by atoms with Crippen LogP contribution in [0, 0.1) is 5.92 Å². The Morgan fingerprint density at radius 2 is 2.18 bits per heavy atom. The third-order valence-corrected chi connectivity index (χ3v) is 3.85. The van der Waals surface area contributed by atoms with Crippen molar-refractivity contribution in [3.05, 3.63) is 35.9 Å². The van der Waals surface area contributed by atoms with Gasteiger partial charge in [0.2, 0.25) is 0 Å². The van der Waals surface area contributed by atoms with Crippen molar-refractivity contribution in [2.45, 2.75) is 25.2 Å². The number of carboxylic acids is 1. The van der Waals surface area contributed by atoms with Gasteiger partial charge in [0.15, 0.2) is 0 Å². The lowest BCUT2D eigenvalue weighted by atomic mass is 9.68. The molecule has 17 heavy (non-hydrogen) atoms. The number of benzene rings is 1. The topological polar surface area (TPSA) is 46.5 Å². The SMILES string of the molecule is CCC(C(=O)O)(c1ccccc1)C1CCOC1. The number of rotatable bonds is 4. The van der Waals surface area contributed by atoms with Crippen LogP contribution in [0.1, 0.15) is 25.3 Å². The van der Waals surface area contributed by atoms with Crippen molar-refractivity contribution in [2.24, 2.45) is 5.92 Å².